The van der Waals surface area contributed by atoms with Crippen molar-refractivity contribution in [2.45, 2.75) is 13.1 Å². The average Bonchev–Trinajstić information content (AvgIpc) is 3.14. The smallest absolute Gasteiger partial charge is 0.161 e. The first-order valence-corrected chi connectivity index (χ1v) is 9.43. The standard InChI is InChI=1S/C23H21N3O2/c1-3-28-20-13-12-15(14-21(20)27-2)22-24-17-9-5-4-8-16(17)23-25-18-10-6-7-11-19(18)26(22)23/h4-14,22,24H,3H2,1-2H3/t22-/m1/s1. The first-order valence-electron chi connectivity index (χ1n) is 9.43. The molecule has 0 radical (unpaired) electrons. The van der Waals surface area contributed by atoms with Crippen molar-refractivity contribution in [3.05, 3.63) is 72.3 Å². The third kappa shape index (κ3) is 2.51. The molecule has 1 N–H and O–H groups in total. The van der Waals surface area contributed by atoms with Gasteiger partial charge < -0.3 is 14.8 Å². The zero-order valence-corrected chi connectivity index (χ0v) is 15.8. The maximum absolute atomic E-state index is 5.69. The lowest BCUT2D eigenvalue weighted by molar-refractivity contribution is 0.310. The highest BCUT2D eigenvalue weighted by Gasteiger charge is 2.28. The summed E-state index contributed by atoms with van der Waals surface area (Å²) < 4.78 is 13.5. The molecule has 3 aromatic carbocycles. The number of imidazole rings is 1. The van der Waals surface area contributed by atoms with Gasteiger partial charge in [0, 0.05) is 11.3 Å². The van der Waals surface area contributed by atoms with Gasteiger partial charge in [0.05, 0.1) is 24.8 Å². The quantitative estimate of drug-likeness (QED) is 0.543. The van der Waals surface area contributed by atoms with Crippen molar-refractivity contribution in [2.24, 2.45) is 0 Å². The zero-order chi connectivity index (χ0) is 19.1. The van der Waals surface area contributed by atoms with Crippen molar-refractivity contribution in [3.8, 4) is 22.9 Å². The third-order valence-electron chi connectivity index (χ3n) is 5.12. The summed E-state index contributed by atoms with van der Waals surface area (Å²) in [5.41, 5.74) is 5.34. The Morgan fingerprint density at radius 3 is 2.68 bits per heavy atom. The molecule has 0 aliphatic carbocycles. The predicted octanol–water partition coefficient (Wildman–Crippen LogP) is 5.08. The summed E-state index contributed by atoms with van der Waals surface area (Å²) in [5, 5.41) is 3.68. The highest BCUT2D eigenvalue weighted by molar-refractivity contribution is 5.86. The van der Waals surface area contributed by atoms with Crippen LogP contribution in [0.1, 0.15) is 18.7 Å². The molecule has 0 saturated carbocycles. The van der Waals surface area contributed by atoms with Crippen molar-refractivity contribution >= 4 is 16.7 Å². The van der Waals surface area contributed by atoms with E-state index in [1.807, 2.05) is 43.3 Å². The molecule has 0 spiro atoms. The number of hydrogen-bond acceptors (Lipinski definition) is 4. The summed E-state index contributed by atoms with van der Waals surface area (Å²) in [7, 11) is 1.67. The number of hydrogen-bond donors (Lipinski definition) is 1. The summed E-state index contributed by atoms with van der Waals surface area (Å²) in [6.07, 6.45) is -0.0955. The van der Waals surface area contributed by atoms with E-state index in [-0.39, 0.29) is 6.17 Å². The number of anilines is 1. The van der Waals surface area contributed by atoms with E-state index in [0.717, 1.165) is 45.2 Å². The Hall–Kier alpha value is -3.47. The predicted molar refractivity (Wildman–Crippen MR) is 111 cm³/mol. The Morgan fingerprint density at radius 1 is 1.00 bits per heavy atom. The minimum absolute atomic E-state index is 0.0955. The lowest BCUT2D eigenvalue weighted by atomic mass is 10.1. The molecule has 0 unspecified atom stereocenters. The Labute approximate surface area is 163 Å². The second kappa shape index (κ2) is 6.60. The number of methoxy groups -OCH3 is 1. The van der Waals surface area contributed by atoms with Crippen molar-refractivity contribution in [2.75, 3.05) is 19.0 Å². The van der Waals surface area contributed by atoms with E-state index < -0.39 is 0 Å². The van der Waals surface area contributed by atoms with E-state index in [1.54, 1.807) is 7.11 Å². The SMILES string of the molecule is CCOc1ccc([C@@H]2Nc3ccccc3-c3nc4ccccc4n32)cc1OC. The van der Waals surface area contributed by atoms with E-state index >= 15 is 0 Å². The van der Waals surface area contributed by atoms with E-state index in [0.29, 0.717) is 6.61 Å². The van der Waals surface area contributed by atoms with Gasteiger partial charge in [-0.15, -0.1) is 0 Å². The summed E-state index contributed by atoms with van der Waals surface area (Å²) in [6.45, 7) is 2.57. The molecule has 0 saturated heterocycles. The van der Waals surface area contributed by atoms with Gasteiger partial charge >= 0.3 is 0 Å². The fourth-order valence-corrected chi connectivity index (χ4v) is 3.87. The van der Waals surface area contributed by atoms with Crippen LogP contribution in [-0.2, 0) is 0 Å². The number of benzene rings is 3. The molecule has 140 valence electrons. The van der Waals surface area contributed by atoms with Gasteiger partial charge in [-0.3, -0.25) is 4.57 Å². The number of nitrogens with one attached hydrogen (secondary N) is 1. The maximum Gasteiger partial charge on any atom is 0.161 e. The van der Waals surface area contributed by atoms with Gasteiger partial charge in [-0.05, 0) is 48.9 Å². The van der Waals surface area contributed by atoms with Crippen LogP contribution in [0.4, 0.5) is 5.69 Å². The summed E-state index contributed by atoms with van der Waals surface area (Å²) in [4.78, 5) is 4.93. The zero-order valence-electron chi connectivity index (χ0n) is 15.8. The summed E-state index contributed by atoms with van der Waals surface area (Å²) in [6, 6.07) is 22.6. The maximum atomic E-state index is 5.69. The molecule has 5 rings (SSSR count). The van der Waals surface area contributed by atoms with Crippen LogP contribution in [0.3, 0.4) is 0 Å². The van der Waals surface area contributed by atoms with Crippen LogP contribution in [0, 0.1) is 0 Å². The molecule has 28 heavy (non-hydrogen) atoms. The number of aromatic nitrogens is 2. The molecule has 1 aliphatic rings. The van der Waals surface area contributed by atoms with Crippen molar-refractivity contribution < 1.29 is 9.47 Å². The van der Waals surface area contributed by atoms with Crippen LogP contribution in [0.2, 0.25) is 0 Å². The Morgan fingerprint density at radius 2 is 1.82 bits per heavy atom. The van der Waals surface area contributed by atoms with Gasteiger partial charge in [0.25, 0.3) is 0 Å². The van der Waals surface area contributed by atoms with Crippen LogP contribution in [-0.4, -0.2) is 23.3 Å². The fourth-order valence-electron chi connectivity index (χ4n) is 3.87. The van der Waals surface area contributed by atoms with Gasteiger partial charge in [-0.1, -0.05) is 30.3 Å². The van der Waals surface area contributed by atoms with Crippen LogP contribution in [0.5, 0.6) is 11.5 Å². The molecule has 2 heterocycles. The van der Waals surface area contributed by atoms with E-state index in [2.05, 4.69) is 40.2 Å². The molecule has 5 nitrogen and oxygen atoms in total. The van der Waals surface area contributed by atoms with Gasteiger partial charge in [0.15, 0.2) is 11.5 Å². The Bertz CT molecular complexity index is 1170. The van der Waals surface area contributed by atoms with Crippen LogP contribution >= 0.6 is 0 Å². The van der Waals surface area contributed by atoms with Crippen molar-refractivity contribution in [1.82, 2.24) is 9.55 Å². The van der Waals surface area contributed by atoms with Gasteiger partial charge in [0.1, 0.15) is 12.0 Å². The summed E-state index contributed by atoms with van der Waals surface area (Å²) in [5.74, 6) is 2.44. The number of ether oxygens (including phenoxy) is 2. The molecule has 4 aromatic rings. The van der Waals surface area contributed by atoms with Gasteiger partial charge in [-0.25, -0.2) is 4.98 Å². The first-order chi connectivity index (χ1) is 13.8. The molecular weight excluding hydrogens is 350 g/mol. The lowest BCUT2D eigenvalue weighted by Gasteiger charge is -2.30. The highest BCUT2D eigenvalue weighted by Crippen LogP contribution is 2.41. The van der Waals surface area contributed by atoms with Crippen molar-refractivity contribution in [3.63, 3.8) is 0 Å². The lowest BCUT2D eigenvalue weighted by Crippen LogP contribution is -2.24. The average molecular weight is 371 g/mol. The number of fused-ring (bicyclic) bond motifs is 5. The highest BCUT2D eigenvalue weighted by atomic mass is 16.5. The van der Waals surface area contributed by atoms with E-state index in [1.165, 1.54) is 0 Å². The molecule has 0 amide bonds. The van der Waals surface area contributed by atoms with Crippen LogP contribution in [0.25, 0.3) is 22.4 Å². The number of rotatable bonds is 4. The number of para-hydroxylation sites is 3. The summed E-state index contributed by atoms with van der Waals surface area (Å²) >= 11 is 0. The minimum atomic E-state index is -0.0955. The Kier molecular flexibility index (Phi) is 3.93. The molecule has 5 heteroatoms. The molecule has 1 aliphatic heterocycles. The molecule has 1 aromatic heterocycles. The molecule has 0 fully saturated rings. The Balaban J connectivity index is 1.72. The van der Waals surface area contributed by atoms with Crippen molar-refractivity contribution in [1.29, 1.82) is 0 Å². The second-order valence-corrected chi connectivity index (χ2v) is 6.73. The van der Waals surface area contributed by atoms with Gasteiger partial charge in [-0.2, -0.15) is 0 Å². The van der Waals surface area contributed by atoms with E-state index in [4.69, 9.17) is 14.5 Å². The molecule has 0 bridgehead atoms. The first kappa shape index (κ1) is 16.7. The third-order valence-corrected chi connectivity index (χ3v) is 5.12. The topological polar surface area (TPSA) is 48.3 Å². The van der Waals surface area contributed by atoms with Crippen LogP contribution in [0.15, 0.2) is 66.7 Å². The minimum Gasteiger partial charge on any atom is -0.493 e. The van der Waals surface area contributed by atoms with E-state index in [9.17, 15) is 0 Å². The normalized spacial score (nSPS) is 14.9. The molecular formula is C23H21N3O2. The van der Waals surface area contributed by atoms with Crippen LogP contribution < -0.4 is 14.8 Å². The monoisotopic (exact) mass is 371 g/mol. The molecule has 1 atom stereocenters. The second-order valence-electron chi connectivity index (χ2n) is 6.73. The largest absolute Gasteiger partial charge is 0.493 e. The number of nitrogens with zero attached hydrogens (tertiary/aromatic N) is 2. The fraction of sp³-hybridized carbons (Fsp3) is 0.174. The van der Waals surface area contributed by atoms with Gasteiger partial charge in [0.2, 0.25) is 0 Å².